The summed E-state index contributed by atoms with van der Waals surface area (Å²) in [5.41, 5.74) is 3.94. The van der Waals surface area contributed by atoms with E-state index in [0.717, 1.165) is 15.6 Å². The summed E-state index contributed by atoms with van der Waals surface area (Å²) >= 11 is 3.56. The lowest BCUT2D eigenvalue weighted by molar-refractivity contribution is -0.384. The minimum atomic E-state index is -0.412. The van der Waals surface area contributed by atoms with Crippen LogP contribution in [0, 0.1) is 17.0 Å². The van der Waals surface area contributed by atoms with E-state index in [1.54, 1.807) is 19.2 Å². The Bertz CT molecular complexity index is 1010. The Labute approximate surface area is 177 Å². The van der Waals surface area contributed by atoms with Gasteiger partial charge in [0.15, 0.2) is 11.5 Å². The number of rotatable bonds is 8. The number of nitrogens with one attached hydrogen (secondary N) is 1. The minimum Gasteiger partial charge on any atom is -0.493 e. The van der Waals surface area contributed by atoms with E-state index in [-0.39, 0.29) is 5.69 Å². The first-order valence-corrected chi connectivity index (χ1v) is 9.78. The number of benzene rings is 3. The van der Waals surface area contributed by atoms with Crippen molar-refractivity contribution in [3.63, 3.8) is 0 Å². The Kier molecular flexibility index (Phi) is 6.72. The van der Waals surface area contributed by atoms with Gasteiger partial charge in [-0.25, -0.2) is 0 Å². The number of hydrogen-bond donors (Lipinski definition) is 1. The summed E-state index contributed by atoms with van der Waals surface area (Å²) in [6.45, 7) is 2.96. The molecule has 0 radical (unpaired) electrons. The van der Waals surface area contributed by atoms with Crippen molar-refractivity contribution in [3.05, 3.63) is 91.9 Å². The van der Waals surface area contributed by atoms with Crippen molar-refractivity contribution in [1.82, 2.24) is 0 Å². The second kappa shape index (κ2) is 9.43. The quantitative estimate of drug-likeness (QED) is 0.339. The van der Waals surface area contributed by atoms with Gasteiger partial charge in [-0.1, -0.05) is 35.9 Å². The summed E-state index contributed by atoms with van der Waals surface area (Å²) in [6.07, 6.45) is 0. The molecule has 1 N–H and O–H groups in total. The maximum Gasteiger partial charge on any atom is 0.271 e. The molecule has 150 valence electrons. The summed E-state index contributed by atoms with van der Waals surface area (Å²) in [5.74, 6) is 1.24. The molecule has 0 bridgehead atoms. The number of aryl methyl sites for hydroxylation is 1. The molecule has 0 spiro atoms. The number of nitro groups is 1. The van der Waals surface area contributed by atoms with Crippen molar-refractivity contribution < 1.29 is 14.4 Å². The van der Waals surface area contributed by atoms with E-state index in [0.29, 0.717) is 30.3 Å². The highest BCUT2D eigenvalue weighted by Gasteiger charge is 2.13. The van der Waals surface area contributed by atoms with E-state index in [2.05, 4.69) is 21.2 Å². The van der Waals surface area contributed by atoms with Crippen LogP contribution in [0.15, 0.2) is 65.1 Å². The van der Waals surface area contributed by atoms with Crippen LogP contribution in [0.3, 0.4) is 0 Å². The number of methoxy groups -OCH3 is 1. The smallest absolute Gasteiger partial charge is 0.271 e. The first-order valence-electron chi connectivity index (χ1n) is 8.99. The fraction of sp³-hybridized carbons (Fsp3) is 0.182. The van der Waals surface area contributed by atoms with Crippen LogP contribution >= 0.6 is 15.9 Å². The number of halogens is 1. The van der Waals surface area contributed by atoms with E-state index in [9.17, 15) is 10.1 Å². The van der Waals surface area contributed by atoms with Gasteiger partial charge >= 0.3 is 0 Å². The van der Waals surface area contributed by atoms with Gasteiger partial charge in [0.1, 0.15) is 6.61 Å². The number of ether oxygens (including phenoxy) is 2. The SMILES string of the molecule is COc1cc(CNc2cccc([N+](=O)[O-])c2)cc(Br)c1OCc1ccc(C)cc1. The average Bonchev–Trinajstić information content (AvgIpc) is 2.72. The zero-order valence-electron chi connectivity index (χ0n) is 16.1. The lowest BCUT2D eigenvalue weighted by Gasteiger charge is -2.15. The average molecular weight is 457 g/mol. The molecular weight excluding hydrogens is 436 g/mol. The van der Waals surface area contributed by atoms with E-state index in [1.807, 2.05) is 43.3 Å². The highest BCUT2D eigenvalue weighted by Crippen LogP contribution is 2.37. The Balaban J connectivity index is 1.71. The molecule has 0 saturated heterocycles. The van der Waals surface area contributed by atoms with Crippen LogP contribution < -0.4 is 14.8 Å². The van der Waals surface area contributed by atoms with Gasteiger partial charge < -0.3 is 14.8 Å². The molecule has 3 aromatic carbocycles. The van der Waals surface area contributed by atoms with Gasteiger partial charge in [0.05, 0.1) is 16.5 Å². The molecule has 29 heavy (non-hydrogen) atoms. The summed E-state index contributed by atoms with van der Waals surface area (Å²) < 4.78 is 12.3. The molecule has 3 rings (SSSR count). The third-order valence-electron chi connectivity index (χ3n) is 4.35. The maximum absolute atomic E-state index is 10.9. The Morgan fingerprint density at radius 1 is 1.07 bits per heavy atom. The standard InChI is InChI=1S/C22H21BrN2O4/c1-15-6-8-16(9-7-15)14-29-22-20(23)10-17(11-21(22)28-2)13-24-18-4-3-5-19(12-18)25(26)27/h3-12,24H,13-14H2,1-2H3. The number of nitrogens with zero attached hydrogens (tertiary/aromatic N) is 1. The largest absolute Gasteiger partial charge is 0.493 e. The van der Waals surface area contributed by atoms with Crippen LogP contribution in [-0.2, 0) is 13.2 Å². The monoisotopic (exact) mass is 456 g/mol. The van der Waals surface area contributed by atoms with Gasteiger partial charge in [-0.3, -0.25) is 10.1 Å². The van der Waals surface area contributed by atoms with Crippen molar-refractivity contribution in [3.8, 4) is 11.5 Å². The Morgan fingerprint density at radius 2 is 1.83 bits per heavy atom. The first-order chi connectivity index (χ1) is 14.0. The van der Waals surface area contributed by atoms with Crippen LogP contribution in [0.2, 0.25) is 0 Å². The van der Waals surface area contributed by atoms with Crippen LogP contribution in [0.1, 0.15) is 16.7 Å². The second-order valence-electron chi connectivity index (χ2n) is 6.54. The predicted molar refractivity (Wildman–Crippen MR) is 117 cm³/mol. The van der Waals surface area contributed by atoms with Crippen LogP contribution in [-0.4, -0.2) is 12.0 Å². The fourth-order valence-corrected chi connectivity index (χ4v) is 3.39. The molecule has 0 fully saturated rings. The summed E-state index contributed by atoms with van der Waals surface area (Å²) in [4.78, 5) is 10.5. The van der Waals surface area contributed by atoms with E-state index < -0.39 is 4.92 Å². The summed E-state index contributed by atoms with van der Waals surface area (Å²) in [7, 11) is 1.60. The first kappa shape index (κ1) is 20.7. The van der Waals surface area contributed by atoms with Gasteiger partial charge in [-0.05, 0) is 52.2 Å². The van der Waals surface area contributed by atoms with Gasteiger partial charge in [-0.2, -0.15) is 0 Å². The van der Waals surface area contributed by atoms with E-state index in [4.69, 9.17) is 9.47 Å². The van der Waals surface area contributed by atoms with Crippen molar-refractivity contribution >= 4 is 27.3 Å². The zero-order valence-corrected chi connectivity index (χ0v) is 17.7. The summed E-state index contributed by atoms with van der Waals surface area (Å²) in [5, 5.41) is 14.1. The normalized spacial score (nSPS) is 10.4. The third-order valence-corrected chi connectivity index (χ3v) is 4.94. The molecule has 0 amide bonds. The van der Waals surface area contributed by atoms with Crippen LogP contribution in [0.4, 0.5) is 11.4 Å². The van der Waals surface area contributed by atoms with E-state index >= 15 is 0 Å². The minimum absolute atomic E-state index is 0.0496. The maximum atomic E-state index is 10.9. The van der Waals surface area contributed by atoms with Crippen LogP contribution in [0.25, 0.3) is 0 Å². The number of hydrogen-bond acceptors (Lipinski definition) is 5. The van der Waals surface area contributed by atoms with Crippen molar-refractivity contribution in [1.29, 1.82) is 0 Å². The lowest BCUT2D eigenvalue weighted by Crippen LogP contribution is -2.03. The fourth-order valence-electron chi connectivity index (χ4n) is 2.79. The second-order valence-corrected chi connectivity index (χ2v) is 7.40. The Hall–Kier alpha value is -3.06. The van der Waals surface area contributed by atoms with Gasteiger partial charge in [0.25, 0.3) is 5.69 Å². The molecule has 0 heterocycles. The lowest BCUT2D eigenvalue weighted by atomic mass is 10.1. The molecule has 0 aliphatic carbocycles. The Morgan fingerprint density at radius 3 is 2.52 bits per heavy atom. The molecule has 0 aliphatic heterocycles. The van der Waals surface area contributed by atoms with Crippen molar-refractivity contribution in [2.45, 2.75) is 20.1 Å². The number of anilines is 1. The topological polar surface area (TPSA) is 73.6 Å². The molecule has 7 heteroatoms. The highest BCUT2D eigenvalue weighted by molar-refractivity contribution is 9.10. The highest BCUT2D eigenvalue weighted by atomic mass is 79.9. The summed E-state index contributed by atoms with van der Waals surface area (Å²) in [6, 6.07) is 18.4. The van der Waals surface area contributed by atoms with Gasteiger partial charge in [0, 0.05) is 24.4 Å². The molecule has 0 unspecified atom stereocenters. The van der Waals surface area contributed by atoms with Gasteiger partial charge in [-0.15, -0.1) is 0 Å². The van der Waals surface area contributed by atoms with E-state index in [1.165, 1.54) is 17.7 Å². The van der Waals surface area contributed by atoms with Crippen molar-refractivity contribution in [2.75, 3.05) is 12.4 Å². The molecule has 0 atom stereocenters. The van der Waals surface area contributed by atoms with Crippen molar-refractivity contribution in [2.24, 2.45) is 0 Å². The molecular formula is C22H21BrN2O4. The van der Waals surface area contributed by atoms with Gasteiger partial charge in [0.2, 0.25) is 0 Å². The third kappa shape index (κ3) is 5.48. The molecule has 6 nitrogen and oxygen atoms in total. The molecule has 0 aromatic heterocycles. The molecule has 0 aliphatic rings. The predicted octanol–water partition coefficient (Wildman–Crippen LogP) is 5.87. The number of nitro benzene ring substituents is 1. The molecule has 3 aromatic rings. The molecule has 0 saturated carbocycles. The van der Waals surface area contributed by atoms with Crippen LogP contribution in [0.5, 0.6) is 11.5 Å². The number of non-ortho nitro benzene ring substituents is 1. The zero-order chi connectivity index (χ0) is 20.8.